The number of hydrogen-bond acceptors (Lipinski definition) is 1. The second kappa shape index (κ2) is 6.26. The minimum absolute atomic E-state index is 0.285. The van der Waals surface area contributed by atoms with Crippen molar-refractivity contribution in [1.29, 1.82) is 0 Å². The van der Waals surface area contributed by atoms with Crippen LogP contribution < -0.4 is 4.57 Å². The molecule has 0 amide bonds. The van der Waals surface area contributed by atoms with Gasteiger partial charge in [0.05, 0.1) is 0 Å². The molecular formula is C18H17N2O2+. The molecule has 3 rings (SSSR count). The molecular weight excluding hydrogens is 276 g/mol. The van der Waals surface area contributed by atoms with Gasteiger partial charge in [0, 0.05) is 0 Å². The molecule has 2 aromatic carbocycles. The van der Waals surface area contributed by atoms with Crippen molar-refractivity contribution in [3.63, 3.8) is 0 Å². The summed E-state index contributed by atoms with van der Waals surface area (Å²) >= 11 is 0. The van der Waals surface area contributed by atoms with E-state index in [9.17, 15) is 9.90 Å². The van der Waals surface area contributed by atoms with Crippen molar-refractivity contribution in [2.75, 3.05) is 0 Å². The Morgan fingerprint density at radius 2 is 1.55 bits per heavy atom. The predicted molar refractivity (Wildman–Crippen MR) is 82.7 cm³/mol. The fourth-order valence-corrected chi connectivity index (χ4v) is 2.53. The number of hydrogen-bond donors (Lipinski definition) is 1. The summed E-state index contributed by atoms with van der Waals surface area (Å²) in [5, 5.41) is 9.55. The van der Waals surface area contributed by atoms with E-state index in [4.69, 9.17) is 0 Å². The zero-order chi connectivity index (χ0) is 15.4. The number of imidazole rings is 1. The van der Waals surface area contributed by atoms with Gasteiger partial charge in [-0.25, -0.2) is 13.9 Å². The number of carboxylic acids is 1. The molecule has 1 heterocycles. The summed E-state index contributed by atoms with van der Waals surface area (Å²) in [5.41, 5.74) is 2.15. The second-order valence-electron chi connectivity index (χ2n) is 5.15. The van der Waals surface area contributed by atoms with Gasteiger partial charge in [0.1, 0.15) is 25.5 Å². The summed E-state index contributed by atoms with van der Waals surface area (Å²) in [7, 11) is 0. The Morgan fingerprint density at radius 3 is 2.14 bits per heavy atom. The van der Waals surface area contributed by atoms with Crippen LogP contribution in [0.3, 0.4) is 0 Å². The van der Waals surface area contributed by atoms with E-state index >= 15 is 0 Å². The van der Waals surface area contributed by atoms with Crippen LogP contribution in [0.4, 0.5) is 0 Å². The number of rotatable bonds is 5. The molecule has 0 unspecified atom stereocenters. The van der Waals surface area contributed by atoms with Crippen molar-refractivity contribution in [2.24, 2.45) is 0 Å². The molecule has 1 N–H and O–H groups in total. The number of aromatic carboxylic acids is 1. The highest BCUT2D eigenvalue weighted by molar-refractivity contribution is 5.81. The van der Waals surface area contributed by atoms with Gasteiger partial charge in [0.2, 0.25) is 0 Å². The van der Waals surface area contributed by atoms with Crippen LogP contribution in [0, 0.1) is 0 Å². The fourth-order valence-electron chi connectivity index (χ4n) is 2.53. The Labute approximate surface area is 128 Å². The van der Waals surface area contributed by atoms with Gasteiger partial charge >= 0.3 is 11.8 Å². The van der Waals surface area contributed by atoms with E-state index in [1.54, 1.807) is 9.13 Å². The average Bonchev–Trinajstić information content (AvgIpc) is 2.92. The van der Waals surface area contributed by atoms with E-state index in [0.717, 1.165) is 11.1 Å². The lowest BCUT2D eigenvalue weighted by molar-refractivity contribution is -0.690. The van der Waals surface area contributed by atoms with Gasteiger partial charge in [-0.05, 0) is 11.1 Å². The molecule has 0 aliphatic rings. The Balaban J connectivity index is 1.90. The van der Waals surface area contributed by atoms with Crippen LogP contribution in [0.2, 0.25) is 0 Å². The standard InChI is InChI=1S/C18H16N2O2/c21-18(22)17-19(13-15-7-3-1-4-8-15)11-12-20(17)14-16-9-5-2-6-10-16/h1-12H,13-14H2/p+1. The van der Waals surface area contributed by atoms with Gasteiger partial charge in [-0.15, -0.1) is 0 Å². The summed E-state index contributed by atoms with van der Waals surface area (Å²) in [6, 6.07) is 19.7. The van der Waals surface area contributed by atoms with E-state index in [0.29, 0.717) is 13.1 Å². The summed E-state index contributed by atoms with van der Waals surface area (Å²) in [5.74, 6) is -0.635. The highest BCUT2D eigenvalue weighted by atomic mass is 16.4. The van der Waals surface area contributed by atoms with Crippen LogP contribution in [0.25, 0.3) is 0 Å². The van der Waals surface area contributed by atoms with Gasteiger partial charge in [-0.2, -0.15) is 0 Å². The molecule has 3 aromatic rings. The number of nitrogens with zero attached hydrogens (tertiary/aromatic N) is 2. The molecule has 1 aromatic heterocycles. The van der Waals surface area contributed by atoms with E-state index in [1.807, 2.05) is 73.1 Å². The zero-order valence-corrected chi connectivity index (χ0v) is 12.1. The largest absolute Gasteiger partial charge is 0.472 e. The first-order chi connectivity index (χ1) is 10.7. The normalized spacial score (nSPS) is 10.5. The maximum Gasteiger partial charge on any atom is 0.419 e. The van der Waals surface area contributed by atoms with Crippen molar-refractivity contribution in [3.05, 3.63) is 90.0 Å². The molecule has 4 heteroatoms. The van der Waals surface area contributed by atoms with E-state index in [-0.39, 0.29) is 5.82 Å². The maximum atomic E-state index is 11.6. The van der Waals surface area contributed by atoms with Crippen molar-refractivity contribution in [2.45, 2.75) is 13.1 Å². The van der Waals surface area contributed by atoms with Crippen LogP contribution in [-0.4, -0.2) is 15.6 Å². The van der Waals surface area contributed by atoms with Crippen molar-refractivity contribution in [1.82, 2.24) is 4.57 Å². The second-order valence-corrected chi connectivity index (χ2v) is 5.15. The molecule has 0 saturated heterocycles. The van der Waals surface area contributed by atoms with Crippen molar-refractivity contribution < 1.29 is 14.5 Å². The van der Waals surface area contributed by atoms with E-state index in [2.05, 4.69) is 0 Å². The first-order valence-corrected chi connectivity index (χ1v) is 7.14. The number of carbonyl (C=O) groups is 1. The molecule has 4 nitrogen and oxygen atoms in total. The molecule has 0 saturated carbocycles. The smallest absolute Gasteiger partial charge is 0.419 e. The van der Waals surface area contributed by atoms with Crippen molar-refractivity contribution in [3.8, 4) is 0 Å². The Kier molecular flexibility index (Phi) is 4.01. The maximum absolute atomic E-state index is 11.6. The predicted octanol–water partition coefficient (Wildman–Crippen LogP) is 2.57. The monoisotopic (exact) mass is 293 g/mol. The quantitative estimate of drug-likeness (QED) is 0.735. The Morgan fingerprint density at radius 1 is 0.955 bits per heavy atom. The van der Waals surface area contributed by atoms with E-state index in [1.165, 1.54) is 0 Å². The average molecular weight is 293 g/mol. The molecule has 110 valence electrons. The van der Waals surface area contributed by atoms with Crippen LogP contribution in [-0.2, 0) is 13.1 Å². The summed E-state index contributed by atoms with van der Waals surface area (Å²) in [4.78, 5) is 11.6. The summed E-state index contributed by atoms with van der Waals surface area (Å²) in [6.07, 6.45) is 3.64. The van der Waals surface area contributed by atoms with Crippen LogP contribution in [0.15, 0.2) is 73.1 Å². The Bertz CT molecular complexity index is 705. The lowest BCUT2D eigenvalue weighted by atomic mass is 10.2. The first kappa shape index (κ1) is 14.1. The third kappa shape index (κ3) is 3.06. The van der Waals surface area contributed by atoms with Gasteiger partial charge in [0.15, 0.2) is 0 Å². The molecule has 0 aliphatic heterocycles. The lowest BCUT2D eigenvalue weighted by Gasteiger charge is -2.02. The molecule has 0 bridgehead atoms. The number of benzene rings is 2. The van der Waals surface area contributed by atoms with Gasteiger partial charge in [-0.3, -0.25) is 0 Å². The molecule has 22 heavy (non-hydrogen) atoms. The molecule has 0 aliphatic carbocycles. The summed E-state index contributed by atoms with van der Waals surface area (Å²) in [6.45, 7) is 1.09. The third-order valence-corrected chi connectivity index (χ3v) is 3.55. The first-order valence-electron chi connectivity index (χ1n) is 7.14. The number of carboxylic acid groups (broad SMARTS) is 1. The SMILES string of the molecule is O=C(O)c1n(Cc2ccccc2)cc[n+]1Cc1ccccc1. The fraction of sp³-hybridized carbons (Fsp3) is 0.111. The zero-order valence-electron chi connectivity index (χ0n) is 12.1. The van der Waals surface area contributed by atoms with Gasteiger partial charge in [-0.1, -0.05) is 60.7 Å². The van der Waals surface area contributed by atoms with Gasteiger partial charge < -0.3 is 5.11 Å². The third-order valence-electron chi connectivity index (χ3n) is 3.55. The van der Waals surface area contributed by atoms with Crippen molar-refractivity contribution >= 4 is 5.97 Å². The van der Waals surface area contributed by atoms with Crippen LogP contribution in [0.1, 0.15) is 21.7 Å². The molecule has 0 radical (unpaired) electrons. The highest BCUT2D eigenvalue weighted by Gasteiger charge is 2.24. The number of aromatic nitrogens is 2. The minimum atomic E-state index is -0.920. The topological polar surface area (TPSA) is 46.1 Å². The lowest BCUT2D eigenvalue weighted by Crippen LogP contribution is -2.40. The molecule has 0 fully saturated rings. The Hall–Kier alpha value is -2.88. The molecule has 0 spiro atoms. The minimum Gasteiger partial charge on any atom is -0.472 e. The van der Waals surface area contributed by atoms with E-state index < -0.39 is 5.97 Å². The van der Waals surface area contributed by atoms with Crippen LogP contribution in [0.5, 0.6) is 0 Å². The highest BCUT2D eigenvalue weighted by Crippen LogP contribution is 2.06. The van der Waals surface area contributed by atoms with Crippen LogP contribution >= 0.6 is 0 Å². The summed E-state index contributed by atoms with van der Waals surface area (Å²) < 4.78 is 3.53. The molecule has 0 atom stereocenters. The van der Waals surface area contributed by atoms with Gasteiger partial charge in [0.25, 0.3) is 0 Å².